The molecule has 4 aromatic rings. The van der Waals surface area contributed by atoms with E-state index in [1.54, 1.807) is 0 Å². The molecule has 0 amide bonds. The SMILES string of the molecule is CCc1cccc(NCc2nc3cc(-c4ccc(Cl)cc4)sc3c(=O)[nH]2)c1. The number of aromatic nitrogens is 2. The van der Waals surface area contributed by atoms with Crippen molar-refractivity contribution in [2.45, 2.75) is 19.9 Å². The lowest BCUT2D eigenvalue weighted by molar-refractivity contribution is 0.955. The van der Waals surface area contributed by atoms with Crippen LogP contribution in [-0.2, 0) is 13.0 Å². The van der Waals surface area contributed by atoms with Crippen LogP contribution in [0.5, 0.6) is 0 Å². The number of aryl methyl sites for hydroxylation is 1. The Kier molecular flexibility index (Phi) is 4.97. The van der Waals surface area contributed by atoms with Gasteiger partial charge in [-0.05, 0) is 47.9 Å². The number of halogens is 1. The molecule has 0 aliphatic rings. The van der Waals surface area contributed by atoms with Crippen LogP contribution >= 0.6 is 22.9 Å². The minimum absolute atomic E-state index is 0.107. The molecule has 136 valence electrons. The van der Waals surface area contributed by atoms with Crippen LogP contribution in [0.15, 0.2) is 59.4 Å². The van der Waals surface area contributed by atoms with E-state index >= 15 is 0 Å². The lowest BCUT2D eigenvalue weighted by Gasteiger charge is -2.07. The Balaban J connectivity index is 1.61. The van der Waals surface area contributed by atoms with Gasteiger partial charge < -0.3 is 10.3 Å². The quantitative estimate of drug-likeness (QED) is 0.470. The minimum Gasteiger partial charge on any atom is -0.378 e. The molecule has 4 nitrogen and oxygen atoms in total. The largest absolute Gasteiger partial charge is 0.378 e. The van der Waals surface area contributed by atoms with Gasteiger partial charge >= 0.3 is 0 Å². The number of fused-ring (bicyclic) bond motifs is 1. The fourth-order valence-electron chi connectivity index (χ4n) is 2.92. The summed E-state index contributed by atoms with van der Waals surface area (Å²) in [5.41, 5.74) is 3.92. The summed E-state index contributed by atoms with van der Waals surface area (Å²) in [5, 5.41) is 4.02. The molecule has 4 rings (SSSR count). The van der Waals surface area contributed by atoms with Gasteiger partial charge in [-0.25, -0.2) is 4.98 Å². The van der Waals surface area contributed by atoms with Crippen LogP contribution in [0.4, 0.5) is 5.69 Å². The molecule has 0 saturated carbocycles. The first-order valence-corrected chi connectivity index (χ1v) is 9.93. The van der Waals surface area contributed by atoms with Gasteiger partial charge in [0.05, 0.1) is 12.1 Å². The van der Waals surface area contributed by atoms with E-state index in [0.29, 0.717) is 27.6 Å². The number of H-pyrrole nitrogens is 1. The molecule has 2 aromatic carbocycles. The predicted octanol–water partition coefficient (Wildman–Crippen LogP) is 5.48. The Morgan fingerprint density at radius 3 is 2.74 bits per heavy atom. The first-order chi connectivity index (χ1) is 13.1. The van der Waals surface area contributed by atoms with E-state index < -0.39 is 0 Å². The van der Waals surface area contributed by atoms with Crippen molar-refractivity contribution in [1.29, 1.82) is 0 Å². The maximum atomic E-state index is 12.5. The first kappa shape index (κ1) is 17.8. The van der Waals surface area contributed by atoms with Crippen LogP contribution in [0.1, 0.15) is 18.3 Å². The van der Waals surface area contributed by atoms with Gasteiger partial charge in [-0.3, -0.25) is 4.79 Å². The van der Waals surface area contributed by atoms with Gasteiger partial charge in [0.2, 0.25) is 0 Å². The van der Waals surface area contributed by atoms with Crippen molar-refractivity contribution < 1.29 is 0 Å². The highest BCUT2D eigenvalue weighted by molar-refractivity contribution is 7.22. The van der Waals surface area contributed by atoms with E-state index in [0.717, 1.165) is 22.5 Å². The molecule has 2 heterocycles. The molecule has 0 aliphatic heterocycles. The number of benzene rings is 2. The summed E-state index contributed by atoms with van der Waals surface area (Å²) < 4.78 is 0.636. The zero-order chi connectivity index (χ0) is 18.8. The second-order valence-electron chi connectivity index (χ2n) is 6.25. The van der Waals surface area contributed by atoms with Crippen LogP contribution in [0, 0.1) is 0 Å². The Morgan fingerprint density at radius 2 is 1.96 bits per heavy atom. The lowest BCUT2D eigenvalue weighted by Crippen LogP contribution is -2.13. The monoisotopic (exact) mass is 395 g/mol. The average molecular weight is 396 g/mol. The number of anilines is 1. The summed E-state index contributed by atoms with van der Waals surface area (Å²) in [6.07, 6.45) is 0.985. The van der Waals surface area contributed by atoms with Gasteiger partial charge in [0.15, 0.2) is 0 Å². The molecule has 6 heteroatoms. The molecule has 0 bridgehead atoms. The molecule has 0 aliphatic carbocycles. The predicted molar refractivity (Wildman–Crippen MR) is 114 cm³/mol. The number of hydrogen-bond donors (Lipinski definition) is 2. The number of nitrogens with zero attached hydrogens (tertiary/aromatic N) is 1. The maximum Gasteiger partial charge on any atom is 0.268 e. The van der Waals surface area contributed by atoms with E-state index in [4.69, 9.17) is 11.6 Å². The Labute approximate surface area is 165 Å². The second-order valence-corrected chi connectivity index (χ2v) is 7.74. The lowest BCUT2D eigenvalue weighted by atomic mass is 10.1. The Morgan fingerprint density at radius 1 is 1.15 bits per heavy atom. The summed E-state index contributed by atoms with van der Waals surface area (Å²) >= 11 is 7.40. The zero-order valence-corrected chi connectivity index (χ0v) is 16.3. The highest BCUT2D eigenvalue weighted by Gasteiger charge is 2.10. The molecular weight excluding hydrogens is 378 g/mol. The molecule has 0 atom stereocenters. The number of thiophene rings is 1. The van der Waals surface area contributed by atoms with Crippen molar-refractivity contribution in [1.82, 2.24) is 9.97 Å². The molecule has 2 N–H and O–H groups in total. The summed E-state index contributed by atoms with van der Waals surface area (Å²) in [6.45, 7) is 2.59. The summed E-state index contributed by atoms with van der Waals surface area (Å²) in [7, 11) is 0. The molecule has 0 radical (unpaired) electrons. The molecule has 0 saturated heterocycles. The van der Waals surface area contributed by atoms with Crippen molar-refractivity contribution >= 4 is 38.8 Å². The number of nitrogens with one attached hydrogen (secondary N) is 2. The third-order valence-corrected chi connectivity index (χ3v) is 5.78. The molecular formula is C21H18ClN3OS. The van der Waals surface area contributed by atoms with E-state index in [1.807, 2.05) is 42.5 Å². The molecule has 0 unspecified atom stereocenters. The van der Waals surface area contributed by atoms with Crippen molar-refractivity contribution in [3.05, 3.63) is 81.4 Å². The molecule has 27 heavy (non-hydrogen) atoms. The van der Waals surface area contributed by atoms with Crippen LogP contribution in [0.2, 0.25) is 5.02 Å². The summed E-state index contributed by atoms with van der Waals surface area (Å²) in [6, 6.07) is 17.8. The third kappa shape index (κ3) is 3.89. The topological polar surface area (TPSA) is 57.8 Å². The molecule has 0 fully saturated rings. The summed E-state index contributed by atoms with van der Waals surface area (Å²) in [4.78, 5) is 21.0. The van der Waals surface area contributed by atoms with Gasteiger partial charge in [0.25, 0.3) is 5.56 Å². The van der Waals surface area contributed by atoms with Gasteiger partial charge in [-0.1, -0.05) is 42.8 Å². The van der Waals surface area contributed by atoms with Gasteiger partial charge in [-0.2, -0.15) is 0 Å². The normalized spacial score (nSPS) is 11.0. The van der Waals surface area contributed by atoms with Crippen molar-refractivity contribution in [2.24, 2.45) is 0 Å². The van der Waals surface area contributed by atoms with Crippen molar-refractivity contribution in [3.63, 3.8) is 0 Å². The van der Waals surface area contributed by atoms with E-state index in [2.05, 4.69) is 34.3 Å². The van der Waals surface area contributed by atoms with Gasteiger partial charge in [-0.15, -0.1) is 11.3 Å². The van der Waals surface area contributed by atoms with Gasteiger partial charge in [0.1, 0.15) is 10.5 Å². The van der Waals surface area contributed by atoms with Crippen LogP contribution < -0.4 is 10.9 Å². The highest BCUT2D eigenvalue weighted by Crippen LogP contribution is 2.31. The van der Waals surface area contributed by atoms with Crippen LogP contribution in [-0.4, -0.2) is 9.97 Å². The maximum absolute atomic E-state index is 12.5. The third-order valence-electron chi connectivity index (χ3n) is 4.36. The smallest absolute Gasteiger partial charge is 0.268 e. The van der Waals surface area contributed by atoms with E-state index in [1.165, 1.54) is 16.9 Å². The number of rotatable bonds is 5. The number of hydrogen-bond acceptors (Lipinski definition) is 4. The number of aromatic amines is 1. The van der Waals surface area contributed by atoms with E-state index in [-0.39, 0.29) is 5.56 Å². The Hall–Kier alpha value is -2.63. The Bertz CT molecular complexity index is 1150. The van der Waals surface area contributed by atoms with E-state index in [9.17, 15) is 4.79 Å². The fourth-order valence-corrected chi connectivity index (χ4v) is 4.04. The molecule has 0 spiro atoms. The first-order valence-electron chi connectivity index (χ1n) is 8.74. The highest BCUT2D eigenvalue weighted by atomic mass is 35.5. The van der Waals surface area contributed by atoms with Crippen molar-refractivity contribution in [3.8, 4) is 10.4 Å². The minimum atomic E-state index is -0.107. The van der Waals surface area contributed by atoms with Crippen LogP contribution in [0.25, 0.3) is 20.7 Å². The summed E-state index contributed by atoms with van der Waals surface area (Å²) in [5.74, 6) is 0.620. The van der Waals surface area contributed by atoms with Crippen molar-refractivity contribution in [2.75, 3.05) is 5.32 Å². The van der Waals surface area contributed by atoms with Gasteiger partial charge in [0, 0.05) is 15.6 Å². The second kappa shape index (κ2) is 7.55. The molecule has 2 aromatic heterocycles. The van der Waals surface area contributed by atoms with Crippen LogP contribution in [0.3, 0.4) is 0 Å². The fraction of sp³-hybridized carbons (Fsp3) is 0.143. The average Bonchev–Trinajstić information content (AvgIpc) is 3.12. The zero-order valence-electron chi connectivity index (χ0n) is 14.8. The standard InChI is InChI=1S/C21H18ClN3OS/c1-2-13-4-3-5-16(10-13)23-12-19-24-17-11-18(27-20(17)21(26)25-19)14-6-8-15(22)9-7-14/h3-11,23H,2,12H2,1H3,(H,24,25,26).